The summed E-state index contributed by atoms with van der Waals surface area (Å²) in [6.07, 6.45) is -5.48. The molecule has 8 aromatic rings. The third-order valence-electron chi connectivity index (χ3n) is 10.4. The summed E-state index contributed by atoms with van der Waals surface area (Å²) < 4.78 is 43.4. The molecule has 0 spiro atoms. The van der Waals surface area contributed by atoms with E-state index in [-0.39, 0.29) is 30.6 Å². The average Bonchev–Trinajstić information content (AvgIpc) is 3.77. The number of tetrazole rings is 1. The Morgan fingerprint density at radius 1 is 0.656 bits per heavy atom. The highest BCUT2D eigenvalue weighted by atomic mass is 19.4. The lowest BCUT2D eigenvalue weighted by Gasteiger charge is -2.36. The zero-order chi connectivity index (χ0) is 42.2. The van der Waals surface area contributed by atoms with Crippen LogP contribution in [0.1, 0.15) is 39.8 Å². The smallest absolute Gasteiger partial charge is 0.336 e. The molecule has 0 aliphatic heterocycles. The second-order valence-corrected chi connectivity index (χ2v) is 14.7. The summed E-state index contributed by atoms with van der Waals surface area (Å²) >= 11 is 0. The van der Waals surface area contributed by atoms with Crippen LogP contribution in [0.5, 0.6) is 0 Å². The topological polar surface area (TPSA) is 102 Å². The molecule has 6 aromatic carbocycles. The zero-order valence-corrected chi connectivity index (χ0v) is 33.2. The quantitative estimate of drug-likeness (QED) is 0.109. The normalized spacial score (nSPS) is 11.6. The van der Waals surface area contributed by atoms with Gasteiger partial charge in [0.15, 0.2) is 5.82 Å². The molecule has 0 fully saturated rings. The fourth-order valence-corrected chi connectivity index (χ4v) is 7.56. The van der Waals surface area contributed by atoms with Crippen LogP contribution in [0.3, 0.4) is 0 Å². The van der Waals surface area contributed by atoms with Gasteiger partial charge in [0.05, 0.1) is 18.5 Å². The standard InChI is InChI=1S/C49H41F3N8O/c1-35-26-28-36(29-27-35)32-45(61)54-44-33-43(53-47(55-44)59(31-30-48(50,51)52)34-37-16-6-2-7-17-37)41-24-14-15-25-42(41)46-56-57-58-60(46)49(38-18-8-3-9-19-38,39-20-10-4-11-21-39)40-22-12-5-13-23-40/h2-29,33H,30-32,34H2,1H3,(H,53,54,55,61). The van der Waals surface area contributed by atoms with E-state index < -0.39 is 24.7 Å². The van der Waals surface area contributed by atoms with Crippen LogP contribution < -0.4 is 10.2 Å². The molecule has 12 heteroatoms. The first-order valence-electron chi connectivity index (χ1n) is 19.8. The molecule has 0 aliphatic carbocycles. The van der Waals surface area contributed by atoms with Crippen molar-refractivity contribution in [2.24, 2.45) is 0 Å². The molecule has 0 radical (unpaired) electrons. The van der Waals surface area contributed by atoms with Gasteiger partial charge in [-0.3, -0.25) is 4.79 Å². The third kappa shape index (κ3) is 9.08. The number of alkyl halides is 3. The fourth-order valence-electron chi connectivity index (χ4n) is 7.56. The second-order valence-electron chi connectivity index (χ2n) is 14.7. The van der Waals surface area contributed by atoms with E-state index in [1.807, 2.05) is 181 Å². The first-order chi connectivity index (χ1) is 29.7. The van der Waals surface area contributed by atoms with Crippen LogP contribution in [0.25, 0.3) is 22.6 Å². The van der Waals surface area contributed by atoms with Gasteiger partial charge in [-0.05, 0) is 45.2 Å². The number of benzene rings is 6. The summed E-state index contributed by atoms with van der Waals surface area (Å²) in [6.45, 7) is 1.63. The highest BCUT2D eigenvalue weighted by Gasteiger charge is 2.42. The molecule has 9 nitrogen and oxygen atoms in total. The number of carbonyl (C=O) groups excluding carboxylic acids is 1. The number of rotatable bonds is 14. The number of amides is 1. The largest absolute Gasteiger partial charge is 0.390 e. The first-order valence-corrected chi connectivity index (χ1v) is 19.8. The molecule has 0 saturated heterocycles. The summed E-state index contributed by atoms with van der Waals surface area (Å²) in [5.41, 5.74) is 5.77. The zero-order valence-electron chi connectivity index (χ0n) is 33.2. The predicted molar refractivity (Wildman–Crippen MR) is 231 cm³/mol. The molecular weight excluding hydrogens is 774 g/mol. The van der Waals surface area contributed by atoms with Crippen LogP contribution in [0, 0.1) is 6.92 Å². The van der Waals surface area contributed by atoms with E-state index in [0.717, 1.165) is 33.4 Å². The van der Waals surface area contributed by atoms with E-state index in [1.54, 1.807) is 6.07 Å². The van der Waals surface area contributed by atoms with E-state index in [0.29, 0.717) is 22.6 Å². The Hall–Kier alpha value is -7.47. The van der Waals surface area contributed by atoms with Crippen molar-refractivity contribution in [3.8, 4) is 22.6 Å². The molecule has 8 rings (SSSR count). The van der Waals surface area contributed by atoms with Gasteiger partial charge in [-0.1, -0.05) is 175 Å². The van der Waals surface area contributed by atoms with Crippen molar-refractivity contribution in [2.45, 2.75) is 38.0 Å². The van der Waals surface area contributed by atoms with Gasteiger partial charge in [0.25, 0.3) is 0 Å². The monoisotopic (exact) mass is 814 g/mol. The van der Waals surface area contributed by atoms with Crippen molar-refractivity contribution in [3.63, 3.8) is 0 Å². The molecule has 0 bridgehead atoms. The number of hydrogen-bond acceptors (Lipinski definition) is 7. The molecule has 2 heterocycles. The minimum atomic E-state index is -4.44. The highest BCUT2D eigenvalue weighted by molar-refractivity contribution is 5.92. The van der Waals surface area contributed by atoms with Crippen LogP contribution in [-0.4, -0.2) is 48.8 Å². The van der Waals surface area contributed by atoms with Gasteiger partial charge >= 0.3 is 6.18 Å². The SMILES string of the molecule is Cc1ccc(CC(=O)Nc2cc(-c3ccccc3-c3nnnn3C(c3ccccc3)(c3ccccc3)c3ccccc3)nc(N(CCC(F)(F)F)Cc3ccccc3)n2)cc1. The maximum absolute atomic E-state index is 13.9. The van der Waals surface area contributed by atoms with Gasteiger partial charge in [-0.2, -0.15) is 18.2 Å². The molecule has 61 heavy (non-hydrogen) atoms. The second kappa shape index (κ2) is 17.8. The molecule has 0 atom stereocenters. The van der Waals surface area contributed by atoms with E-state index >= 15 is 0 Å². The number of aryl methyl sites for hydroxylation is 1. The lowest BCUT2D eigenvalue weighted by Crippen LogP contribution is -2.39. The molecule has 2 aromatic heterocycles. The third-order valence-corrected chi connectivity index (χ3v) is 10.4. The molecular formula is C49H41F3N8O. The molecule has 1 amide bonds. The van der Waals surface area contributed by atoms with E-state index in [2.05, 4.69) is 15.6 Å². The number of nitrogens with zero attached hydrogens (tertiary/aromatic N) is 7. The van der Waals surface area contributed by atoms with E-state index in [4.69, 9.17) is 15.2 Å². The van der Waals surface area contributed by atoms with Crippen molar-refractivity contribution in [3.05, 3.63) is 209 Å². The Balaban J connectivity index is 1.30. The van der Waals surface area contributed by atoms with Crippen molar-refractivity contribution in [1.29, 1.82) is 0 Å². The van der Waals surface area contributed by atoms with Crippen molar-refractivity contribution in [1.82, 2.24) is 30.2 Å². The van der Waals surface area contributed by atoms with Crippen LogP contribution in [-0.2, 0) is 23.3 Å². The maximum Gasteiger partial charge on any atom is 0.390 e. The highest BCUT2D eigenvalue weighted by Crippen LogP contribution is 2.43. The van der Waals surface area contributed by atoms with Gasteiger partial charge < -0.3 is 10.2 Å². The van der Waals surface area contributed by atoms with Crippen molar-refractivity contribution >= 4 is 17.7 Å². The van der Waals surface area contributed by atoms with Crippen LogP contribution >= 0.6 is 0 Å². The Labute approximate surface area is 351 Å². The van der Waals surface area contributed by atoms with E-state index in [1.165, 1.54) is 4.90 Å². The number of carbonyl (C=O) groups is 1. The number of aromatic nitrogens is 6. The summed E-state index contributed by atoms with van der Waals surface area (Å²) in [5, 5.41) is 16.6. The minimum Gasteiger partial charge on any atom is -0.336 e. The maximum atomic E-state index is 13.9. The Morgan fingerprint density at radius 2 is 1.20 bits per heavy atom. The van der Waals surface area contributed by atoms with Crippen LogP contribution in [0.15, 0.2) is 176 Å². The first kappa shape index (κ1) is 40.3. The summed E-state index contributed by atoms with van der Waals surface area (Å²) in [5.74, 6) is 0.192. The number of halogens is 3. The van der Waals surface area contributed by atoms with Gasteiger partial charge in [-0.25, -0.2) is 9.67 Å². The summed E-state index contributed by atoms with van der Waals surface area (Å²) in [6, 6.07) is 55.9. The van der Waals surface area contributed by atoms with Gasteiger partial charge in [0.1, 0.15) is 11.4 Å². The van der Waals surface area contributed by atoms with Gasteiger partial charge in [0.2, 0.25) is 11.9 Å². The minimum absolute atomic E-state index is 0.0119. The molecule has 0 aliphatic rings. The van der Waals surface area contributed by atoms with Crippen molar-refractivity contribution in [2.75, 3.05) is 16.8 Å². The summed E-state index contributed by atoms with van der Waals surface area (Å²) in [7, 11) is 0. The van der Waals surface area contributed by atoms with Crippen LogP contribution in [0.2, 0.25) is 0 Å². The lowest BCUT2D eigenvalue weighted by molar-refractivity contribution is -0.132. The number of anilines is 2. The number of nitrogens with one attached hydrogen (secondary N) is 1. The Morgan fingerprint density at radius 3 is 1.77 bits per heavy atom. The predicted octanol–water partition coefficient (Wildman–Crippen LogP) is 10.1. The molecule has 0 unspecified atom stereocenters. The summed E-state index contributed by atoms with van der Waals surface area (Å²) in [4.78, 5) is 24.7. The number of hydrogen-bond donors (Lipinski definition) is 1. The van der Waals surface area contributed by atoms with Crippen LogP contribution in [0.4, 0.5) is 24.9 Å². The average molecular weight is 815 g/mol. The van der Waals surface area contributed by atoms with Gasteiger partial charge in [-0.15, -0.1) is 5.10 Å². The van der Waals surface area contributed by atoms with E-state index in [9.17, 15) is 18.0 Å². The Kier molecular flexibility index (Phi) is 11.8. The molecule has 0 saturated carbocycles. The Bertz CT molecular complexity index is 2600. The lowest BCUT2D eigenvalue weighted by atomic mass is 9.77. The molecule has 304 valence electrons. The van der Waals surface area contributed by atoms with Gasteiger partial charge in [0, 0.05) is 30.3 Å². The molecule has 1 N–H and O–H groups in total. The van der Waals surface area contributed by atoms with Crippen molar-refractivity contribution < 1.29 is 18.0 Å². The fraction of sp³-hybridized carbons (Fsp3) is 0.143.